The van der Waals surface area contributed by atoms with Crippen LogP contribution in [0.5, 0.6) is 0 Å². The first-order valence-electron chi connectivity index (χ1n) is 8.20. The van der Waals surface area contributed by atoms with Crippen molar-refractivity contribution >= 4 is 10.8 Å². The zero-order chi connectivity index (χ0) is 15.9. The summed E-state index contributed by atoms with van der Waals surface area (Å²) in [6.07, 6.45) is 2.24. The van der Waals surface area contributed by atoms with E-state index >= 15 is 0 Å². The van der Waals surface area contributed by atoms with Gasteiger partial charge in [-0.15, -0.1) is 0 Å². The summed E-state index contributed by atoms with van der Waals surface area (Å²) in [5.41, 5.74) is 2.54. The summed E-state index contributed by atoms with van der Waals surface area (Å²) in [4.78, 5) is 17.9. The number of likely N-dealkylation sites (tertiary alicyclic amines) is 1. The number of hydrogen-bond acceptors (Lipinski definition) is 2. The topological polar surface area (TPSA) is 36.1 Å². The summed E-state index contributed by atoms with van der Waals surface area (Å²) in [7, 11) is 2.16. The highest BCUT2D eigenvalue weighted by atomic mass is 16.1. The van der Waals surface area contributed by atoms with Gasteiger partial charge in [-0.3, -0.25) is 4.79 Å². The summed E-state index contributed by atoms with van der Waals surface area (Å²) in [5, 5.41) is 1.87. The largest absolute Gasteiger partial charge is 0.325 e. The van der Waals surface area contributed by atoms with Crippen molar-refractivity contribution in [2.45, 2.75) is 44.9 Å². The van der Waals surface area contributed by atoms with Gasteiger partial charge in [-0.05, 0) is 61.5 Å². The van der Waals surface area contributed by atoms with Crippen LogP contribution in [0, 0.1) is 0 Å². The van der Waals surface area contributed by atoms with Gasteiger partial charge in [-0.1, -0.05) is 32.9 Å². The molecule has 3 nitrogen and oxygen atoms in total. The Labute approximate surface area is 132 Å². The Balaban J connectivity index is 2.04. The van der Waals surface area contributed by atoms with Gasteiger partial charge >= 0.3 is 0 Å². The molecule has 3 heteroatoms. The van der Waals surface area contributed by atoms with Crippen LogP contribution in [0.4, 0.5) is 0 Å². The first-order chi connectivity index (χ1) is 10.3. The summed E-state index contributed by atoms with van der Waals surface area (Å²) in [6.45, 7) is 8.83. The third kappa shape index (κ3) is 2.95. The van der Waals surface area contributed by atoms with E-state index in [1.54, 1.807) is 0 Å². The van der Waals surface area contributed by atoms with Crippen LogP contribution in [0.1, 0.15) is 50.8 Å². The van der Waals surface area contributed by atoms with E-state index in [4.69, 9.17) is 0 Å². The molecule has 0 amide bonds. The predicted molar refractivity (Wildman–Crippen MR) is 92.7 cm³/mol. The van der Waals surface area contributed by atoms with Gasteiger partial charge in [0.05, 0.1) is 0 Å². The number of aromatic amines is 1. The fourth-order valence-electron chi connectivity index (χ4n) is 3.30. The second-order valence-electron chi connectivity index (χ2n) is 7.68. The van der Waals surface area contributed by atoms with E-state index in [1.165, 1.54) is 5.56 Å². The minimum Gasteiger partial charge on any atom is -0.325 e. The van der Waals surface area contributed by atoms with Crippen LogP contribution < -0.4 is 5.56 Å². The number of nitrogens with one attached hydrogen (secondary N) is 1. The Kier molecular flexibility index (Phi) is 3.85. The van der Waals surface area contributed by atoms with Gasteiger partial charge in [-0.2, -0.15) is 0 Å². The molecule has 1 saturated heterocycles. The van der Waals surface area contributed by atoms with Gasteiger partial charge < -0.3 is 9.88 Å². The molecule has 0 atom stereocenters. The van der Waals surface area contributed by atoms with Gasteiger partial charge in [0.2, 0.25) is 0 Å². The highest BCUT2D eigenvalue weighted by molar-refractivity contribution is 5.82. The van der Waals surface area contributed by atoms with E-state index in [1.807, 2.05) is 6.07 Å². The molecule has 1 N–H and O–H groups in total. The summed E-state index contributed by atoms with van der Waals surface area (Å²) in [5.74, 6) is 0.478. The van der Waals surface area contributed by atoms with Crippen molar-refractivity contribution < 1.29 is 0 Å². The quantitative estimate of drug-likeness (QED) is 0.872. The first-order valence-corrected chi connectivity index (χ1v) is 8.20. The Bertz CT molecular complexity index is 731. The molecule has 0 spiro atoms. The smallest absolute Gasteiger partial charge is 0.256 e. The lowest BCUT2D eigenvalue weighted by molar-refractivity contribution is 0.253. The molecular weight excluding hydrogens is 272 g/mol. The average Bonchev–Trinajstić information content (AvgIpc) is 2.46. The standard InChI is InChI=1S/C19H26N2O/c1-19(2,3)15-5-6-16-14(11-15)12-17(20-18(16)22)13-7-9-21(4)10-8-13/h5-6,11-13H,7-10H2,1-4H3,(H,20,22). The monoisotopic (exact) mass is 298 g/mol. The van der Waals surface area contributed by atoms with Crippen molar-refractivity contribution in [2.24, 2.45) is 0 Å². The lowest BCUT2D eigenvalue weighted by Crippen LogP contribution is -2.30. The SMILES string of the molecule is CN1CCC(c2cc3cc(C(C)(C)C)ccc3c(=O)[nH]2)CC1. The third-order valence-electron chi connectivity index (χ3n) is 4.89. The highest BCUT2D eigenvalue weighted by Gasteiger charge is 2.20. The zero-order valence-corrected chi connectivity index (χ0v) is 14.1. The second-order valence-corrected chi connectivity index (χ2v) is 7.68. The van der Waals surface area contributed by atoms with Crippen LogP contribution in [0.2, 0.25) is 0 Å². The van der Waals surface area contributed by atoms with E-state index in [0.29, 0.717) is 5.92 Å². The Morgan fingerprint density at radius 2 is 1.82 bits per heavy atom. The molecule has 3 rings (SSSR count). The van der Waals surface area contributed by atoms with Crippen molar-refractivity contribution in [1.82, 2.24) is 9.88 Å². The molecule has 0 saturated carbocycles. The van der Waals surface area contributed by atoms with Crippen molar-refractivity contribution in [3.05, 3.63) is 45.9 Å². The number of fused-ring (bicyclic) bond motifs is 1. The molecule has 0 unspecified atom stereocenters. The van der Waals surface area contributed by atoms with Crippen LogP contribution in [0.25, 0.3) is 10.8 Å². The molecule has 0 radical (unpaired) electrons. The van der Waals surface area contributed by atoms with Gasteiger partial charge in [0.25, 0.3) is 5.56 Å². The van der Waals surface area contributed by atoms with Crippen LogP contribution in [-0.4, -0.2) is 30.0 Å². The molecule has 1 fully saturated rings. The molecule has 2 heterocycles. The van der Waals surface area contributed by atoms with E-state index in [0.717, 1.165) is 42.4 Å². The maximum atomic E-state index is 12.4. The number of hydrogen-bond donors (Lipinski definition) is 1. The molecule has 22 heavy (non-hydrogen) atoms. The van der Waals surface area contributed by atoms with Crippen LogP contribution >= 0.6 is 0 Å². The van der Waals surface area contributed by atoms with Crippen molar-refractivity contribution in [3.63, 3.8) is 0 Å². The number of pyridine rings is 1. The van der Waals surface area contributed by atoms with E-state index in [2.05, 4.69) is 55.9 Å². The molecular formula is C19H26N2O. The molecule has 0 aliphatic carbocycles. The molecule has 2 aromatic rings. The van der Waals surface area contributed by atoms with Crippen LogP contribution in [-0.2, 0) is 5.41 Å². The van der Waals surface area contributed by atoms with Gasteiger partial charge in [0, 0.05) is 17.0 Å². The Morgan fingerprint density at radius 1 is 1.14 bits per heavy atom. The molecule has 0 bridgehead atoms. The molecule has 1 aromatic carbocycles. The van der Waals surface area contributed by atoms with Gasteiger partial charge in [0.15, 0.2) is 0 Å². The number of piperidine rings is 1. The highest BCUT2D eigenvalue weighted by Crippen LogP contribution is 2.29. The number of rotatable bonds is 1. The summed E-state index contributed by atoms with van der Waals surface area (Å²) >= 11 is 0. The normalized spacial score (nSPS) is 18.0. The van der Waals surface area contributed by atoms with Crippen molar-refractivity contribution in [2.75, 3.05) is 20.1 Å². The maximum absolute atomic E-state index is 12.4. The number of H-pyrrole nitrogens is 1. The summed E-state index contributed by atoms with van der Waals surface area (Å²) < 4.78 is 0. The number of aromatic nitrogens is 1. The van der Waals surface area contributed by atoms with Gasteiger partial charge in [0.1, 0.15) is 0 Å². The molecule has 1 aliphatic rings. The minimum absolute atomic E-state index is 0.0480. The Hall–Kier alpha value is -1.61. The van der Waals surface area contributed by atoms with E-state index in [9.17, 15) is 4.79 Å². The number of nitrogens with zero attached hydrogens (tertiary/aromatic N) is 1. The predicted octanol–water partition coefficient (Wildman–Crippen LogP) is 3.63. The molecule has 118 valence electrons. The maximum Gasteiger partial charge on any atom is 0.256 e. The van der Waals surface area contributed by atoms with Crippen LogP contribution in [0.3, 0.4) is 0 Å². The van der Waals surface area contributed by atoms with Crippen LogP contribution in [0.15, 0.2) is 29.1 Å². The lowest BCUT2D eigenvalue weighted by Gasteiger charge is -2.29. The second kappa shape index (κ2) is 5.54. The fraction of sp³-hybridized carbons (Fsp3) is 0.526. The van der Waals surface area contributed by atoms with E-state index < -0.39 is 0 Å². The lowest BCUT2D eigenvalue weighted by atomic mass is 9.85. The molecule has 1 aromatic heterocycles. The first kappa shape index (κ1) is 15.3. The van der Waals surface area contributed by atoms with Crippen molar-refractivity contribution in [1.29, 1.82) is 0 Å². The number of benzene rings is 1. The van der Waals surface area contributed by atoms with Crippen molar-refractivity contribution in [3.8, 4) is 0 Å². The average molecular weight is 298 g/mol. The minimum atomic E-state index is 0.0480. The Morgan fingerprint density at radius 3 is 2.45 bits per heavy atom. The third-order valence-corrected chi connectivity index (χ3v) is 4.89. The summed E-state index contributed by atoms with van der Waals surface area (Å²) in [6, 6.07) is 8.42. The molecule has 1 aliphatic heterocycles. The zero-order valence-electron chi connectivity index (χ0n) is 14.1. The van der Waals surface area contributed by atoms with E-state index in [-0.39, 0.29) is 11.0 Å². The van der Waals surface area contributed by atoms with Gasteiger partial charge in [-0.25, -0.2) is 0 Å². The fourth-order valence-corrected chi connectivity index (χ4v) is 3.30.